The van der Waals surface area contributed by atoms with E-state index in [9.17, 15) is 14.7 Å². The summed E-state index contributed by atoms with van der Waals surface area (Å²) in [5.41, 5.74) is 0. The predicted molar refractivity (Wildman–Crippen MR) is 50.5 cm³/mol. The molecule has 0 atom stereocenters. The first-order valence-corrected chi connectivity index (χ1v) is 4.41. The van der Waals surface area contributed by atoms with Gasteiger partial charge in [-0.3, -0.25) is 4.79 Å². The smallest absolute Gasteiger partial charge is 0.309 e. The van der Waals surface area contributed by atoms with Gasteiger partial charge in [0.2, 0.25) is 0 Å². The van der Waals surface area contributed by atoms with Crippen molar-refractivity contribution in [2.75, 3.05) is 27.7 Å². The van der Waals surface area contributed by atoms with Gasteiger partial charge in [0.1, 0.15) is 0 Å². The molecule has 0 aromatic carbocycles. The third-order valence-electron chi connectivity index (χ3n) is 1.19. The first-order chi connectivity index (χ1) is 6.19. The SMILES string of the molecule is CCC[N+](C)(C)C.O=C([O-])CC(=O)O. The van der Waals surface area contributed by atoms with Gasteiger partial charge in [0.15, 0.2) is 0 Å². The molecule has 0 aliphatic rings. The summed E-state index contributed by atoms with van der Waals surface area (Å²) in [6, 6.07) is 0. The second-order valence-corrected chi connectivity index (χ2v) is 3.96. The van der Waals surface area contributed by atoms with Crippen molar-refractivity contribution < 1.29 is 24.3 Å². The van der Waals surface area contributed by atoms with Crippen LogP contribution in [0.1, 0.15) is 19.8 Å². The number of carboxylic acids is 2. The number of hydrogen-bond acceptors (Lipinski definition) is 3. The monoisotopic (exact) mass is 205 g/mol. The molecule has 5 heteroatoms. The normalized spacial score (nSPS) is 10.0. The standard InChI is InChI=1S/C6H16N.C3H4O4/c1-5-6-7(2,3)4;4-2(5)1-3(6)7/h5-6H2,1-4H3;1H2,(H,4,5)(H,6,7)/q+1;/p-1. The van der Waals surface area contributed by atoms with Gasteiger partial charge in [0, 0.05) is 0 Å². The second-order valence-electron chi connectivity index (χ2n) is 3.96. The van der Waals surface area contributed by atoms with E-state index in [1.54, 1.807) is 0 Å². The van der Waals surface area contributed by atoms with Gasteiger partial charge in [-0.25, -0.2) is 0 Å². The number of carboxylic acid groups (broad SMARTS) is 2. The molecule has 0 rings (SSSR count). The fraction of sp³-hybridized carbons (Fsp3) is 0.778. The number of hydrogen-bond donors (Lipinski definition) is 1. The van der Waals surface area contributed by atoms with Crippen LogP contribution in [-0.4, -0.2) is 49.2 Å². The highest BCUT2D eigenvalue weighted by Crippen LogP contribution is 1.90. The zero-order valence-electron chi connectivity index (χ0n) is 9.24. The van der Waals surface area contributed by atoms with E-state index in [4.69, 9.17) is 5.11 Å². The fourth-order valence-corrected chi connectivity index (χ4v) is 0.794. The van der Waals surface area contributed by atoms with Crippen LogP contribution in [0.5, 0.6) is 0 Å². The zero-order chi connectivity index (χ0) is 11.8. The Morgan fingerprint density at radius 2 is 1.71 bits per heavy atom. The number of carbonyl (C=O) groups excluding carboxylic acids is 1. The molecule has 1 N–H and O–H groups in total. The first-order valence-electron chi connectivity index (χ1n) is 4.41. The van der Waals surface area contributed by atoms with Crippen LogP contribution < -0.4 is 5.11 Å². The summed E-state index contributed by atoms with van der Waals surface area (Å²) >= 11 is 0. The summed E-state index contributed by atoms with van der Waals surface area (Å²) in [6.07, 6.45) is 0.365. The van der Waals surface area contributed by atoms with Crippen LogP contribution in [0.4, 0.5) is 0 Å². The molecule has 0 amide bonds. The Hall–Kier alpha value is -1.10. The zero-order valence-corrected chi connectivity index (χ0v) is 9.24. The number of aliphatic carboxylic acids is 2. The Morgan fingerprint density at radius 1 is 1.29 bits per heavy atom. The van der Waals surface area contributed by atoms with Crippen LogP contribution in [0.2, 0.25) is 0 Å². The molecule has 0 aliphatic carbocycles. The van der Waals surface area contributed by atoms with Crippen molar-refractivity contribution in [3.8, 4) is 0 Å². The van der Waals surface area contributed by atoms with E-state index >= 15 is 0 Å². The Kier molecular flexibility index (Phi) is 8.04. The topological polar surface area (TPSA) is 77.4 Å². The molecule has 0 heterocycles. The van der Waals surface area contributed by atoms with Crippen LogP contribution in [0.25, 0.3) is 0 Å². The highest BCUT2D eigenvalue weighted by molar-refractivity contribution is 5.87. The molecule has 0 aliphatic heterocycles. The highest BCUT2D eigenvalue weighted by Gasteiger charge is 2.01. The lowest BCUT2D eigenvalue weighted by atomic mass is 10.4. The maximum Gasteiger partial charge on any atom is 0.309 e. The lowest BCUT2D eigenvalue weighted by Crippen LogP contribution is -2.34. The summed E-state index contributed by atoms with van der Waals surface area (Å²) < 4.78 is 1.09. The van der Waals surface area contributed by atoms with Crippen molar-refractivity contribution in [3.63, 3.8) is 0 Å². The van der Waals surface area contributed by atoms with Gasteiger partial charge in [0.25, 0.3) is 0 Å². The van der Waals surface area contributed by atoms with E-state index in [1.807, 2.05) is 0 Å². The lowest BCUT2D eigenvalue weighted by molar-refractivity contribution is -0.870. The van der Waals surface area contributed by atoms with Crippen molar-refractivity contribution in [2.45, 2.75) is 19.8 Å². The molecule has 0 radical (unpaired) electrons. The largest absolute Gasteiger partial charge is 0.550 e. The lowest BCUT2D eigenvalue weighted by Gasteiger charge is -2.22. The maximum atomic E-state index is 9.39. The Balaban J connectivity index is 0. The highest BCUT2D eigenvalue weighted by atomic mass is 16.4. The second kappa shape index (κ2) is 7.32. The average Bonchev–Trinajstić information content (AvgIpc) is 1.80. The van der Waals surface area contributed by atoms with E-state index in [-0.39, 0.29) is 0 Å². The molecule has 0 saturated heterocycles. The van der Waals surface area contributed by atoms with E-state index in [2.05, 4.69) is 28.1 Å². The minimum atomic E-state index is -1.56. The van der Waals surface area contributed by atoms with Gasteiger partial charge in [-0.2, -0.15) is 0 Å². The Morgan fingerprint density at radius 3 is 1.71 bits per heavy atom. The van der Waals surface area contributed by atoms with Gasteiger partial charge in [0.05, 0.1) is 40.1 Å². The molecule has 0 fully saturated rings. The van der Waals surface area contributed by atoms with Gasteiger partial charge in [-0.15, -0.1) is 0 Å². The summed E-state index contributed by atoms with van der Waals surface area (Å²) in [7, 11) is 6.64. The predicted octanol–water partition coefficient (Wildman–Crippen LogP) is -0.686. The van der Waals surface area contributed by atoms with Gasteiger partial charge in [-0.05, 0) is 6.42 Å². The van der Waals surface area contributed by atoms with E-state index in [1.165, 1.54) is 13.0 Å². The van der Waals surface area contributed by atoms with Crippen molar-refractivity contribution in [2.24, 2.45) is 0 Å². The van der Waals surface area contributed by atoms with E-state index in [0.29, 0.717) is 0 Å². The Labute approximate surface area is 84.5 Å². The summed E-state index contributed by atoms with van der Waals surface area (Å²) in [4.78, 5) is 18.7. The molecule has 0 aromatic rings. The first kappa shape index (κ1) is 15.4. The molecule has 0 aromatic heterocycles. The van der Waals surface area contributed by atoms with Crippen molar-refractivity contribution in [1.29, 1.82) is 0 Å². The summed E-state index contributed by atoms with van der Waals surface area (Å²) in [6.45, 7) is 3.49. The van der Waals surface area contributed by atoms with Crippen LogP contribution in [0, 0.1) is 0 Å². The minimum Gasteiger partial charge on any atom is -0.550 e. The Bertz CT molecular complexity index is 172. The molecule has 14 heavy (non-hydrogen) atoms. The third kappa shape index (κ3) is 22.4. The van der Waals surface area contributed by atoms with Gasteiger partial charge >= 0.3 is 5.97 Å². The molecule has 0 unspecified atom stereocenters. The quantitative estimate of drug-likeness (QED) is 0.487. The van der Waals surface area contributed by atoms with E-state index in [0.717, 1.165) is 4.48 Å². The fourth-order valence-electron chi connectivity index (χ4n) is 0.794. The van der Waals surface area contributed by atoms with Crippen LogP contribution in [0.3, 0.4) is 0 Å². The number of nitrogens with zero attached hydrogens (tertiary/aromatic N) is 1. The summed E-state index contributed by atoms with van der Waals surface area (Å²) in [5.74, 6) is -2.94. The van der Waals surface area contributed by atoms with Crippen molar-refractivity contribution in [3.05, 3.63) is 0 Å². The molecule has 5 nitrogen and oxygen atoms in total. The van der Waals surface area contributed by atoms with Crippen molar-refractivity contribution in [1.82, 2.24) is 0 Å². The number of rotatable bonds is 4. The van der Waals surface area contributed by atoms with Crippen LogP contribution >= 0.6 is 0 Å². The molecule has 0 bridgehead atoms. The number of quaternary nitrogens is 1. The van der Waals surface area contributed by atoms with Gasteiger partial charge in [-0.1, -0.05) is 6.92 Å². The molecular formula is C9H19NO4. The maximum absolute atomic E-state index is 9.39. The van der Waals surface area contributed by atoms with Gasteiger partial charge < -0.3 is 19.5 Å². The van der Waals surface area contributed by atoms with E-state index < -0.39 is 18.4 Å². The summed E-state index contributed by atoms with van der Waals surface area (Å²) in [5, 5.41) is 17.0. The molecular weight excluding hydrogens is 186 g/mol. The average molecular weight is 205 g/mol. The third-order valence-corrected chi connectivity index (χ3v) is 1.19. The van der Waals surface area contributed by atoms with Crippen LogP contribution in [0.15, 0.2) is 0 Å². The van der Waals surface area contributed by atoms with Crippen molar-refractivity contribution >= 4 is 11.9 Å². The van der Waals surface area contributed by atoms with Crippen LogP contribution in [-0.2, 0) is 9.59 Å². The molecule has 0 saturated carbocycles. The number of carbonyl (C=O) groups is 2. The minimum absolute atomic E-state index is 0.917. The molecule has 84 valence electrons. The molecule has 0 spiro atoms.